The van der Waals surface area contributed by atoms with Crippen molar-refractivity contribution in [1.29, 1.82) is 0 Å². The van der Waals surface area contributed by atoms with E-state index in [-0.39, 0.29) is 23.6 Å². The molecule has 0 spiro atoms. The number of carbonyl (C=O) groups excluding carboxylic acids is 2. The molecule has 5 nitrogen and oxygen atoms in total. The predicted molar refractivity (Wildman–Crippen MR) is 118 cm³/mol. The molecule has 0 aliphatic rings. The summed E-state index contributed by atoms with van der Waals surface area (Å²) in [6.45, 7) is 5.89. The van der Waals surface area contributed by atoms with Gasteiger partial charge in [-0.1, -0.05) is 55.0 Å². The standard InChI is InChI=1S/C25H26N2O3/c1-4-22(19-13-11-17(2)12-14-19)26-25(29)23(16-20-9-7-15-30-20)27-24(28)21-10-6-5-8-18(21)3/h5-16,22H,4H2,1-3H3,(H,26,29)(H,27,28)/b23-16-. The Morgan fingerprint density at radius 3 is 2.37 bits per heavy atom. The van der Waals surface area contributed by atoms with Gasteiger partial charge in [0.25, 0.3) is 11.8 Å². The number of aryl methyl sites for hydroxylation is 2. The summed E-state index contributed by atoms with van der Waals surface area (Å²) in [5.74, 6) is -0.237. The summed E-state index contributed by atoms with van der Waals surface area (Å²) in [5, 5.41) is 5.78. The van der Waals surface area contributed by atoms with E-state index >= 15 is 0 Å². The predicted octanol–water partition coefficient (Wildman–Crippen LogP) is 4.93. The van der Waals surface area contributed by atoms with Gasteiger partial charge in [0.2, 0.25) is 0 Å². The highest BCUT2D eigenvalue weighted by molar-refractivity contribution is 6.05. The summed E-state index contributed by atoms with van der Waals surface area (Å²) in [6, 6.07) is 18.6. The molecule has 0 bridgehead atoms. The van der Waals surface area contributed by atoms with Gasteiger partial charge in [0.15, 0.2) is 0 Å². The first-order valence-electron chi connectivity index (χ1n) is 9.97. The minimum absolute atomic E-state index is 0.128. The number of nitrogens with one attached hydrogen (secondary N) is 2. The molecule has 1 atom stereocenters. The maximum atomic E-state index is 13.1. The Hall–Kier alpha value is -3.60. The van der Waals surface area contributed by atoms with Crippen molar-refractivity contribution in [2.45, 2.75) is 33.2 Å². The molecule has 1 unspecified atom stereocenters. The molecule has 0 aliphatic carbocycles. The van der Waals surface area contributed by atoms with Crippen LogP contribution in [-0.4, -0.2) is 11.8 Å². The van der Waals surface area contributed by atoms with Crippen molar-refractivity contribution >= 4 is 17.9 Å². The maximum absolute atomic E-state index is 13.1. The third-order valence-electron chi connectivity index (χ3n) is 4.91. The second-order valence-electron chi connectivity index (χ2n) is 7.19. The van der Waals surface area contributed by atoms with Gasteiger partial charge in [0, 0.05) is 11.6 Å². The van der Waals surface area contributed by atoms with E-state index in [1.165, 1.54) is 12.3 Å². The van der Waals surface area contributed by atoms with Crippen LogP contribution in [0, 0.1) is 13.8 Å². The molecule has 2 aromatic carbocycles. The molecule has 5 heteroatoms. The summed E-state index contributed by atoms with van der Waals surface area (Å²) in [7, 11) is 0. The first kappa shape index (κ1) is 21.1. The molecule has 0 saturated carbocycles. The Morgan fingerprint density at radius 1 is 1.00 bits per heavy atom. The summed E-state index contributed by atoms with van der Waals surface area (Å²) in [4.78, 5) is 25.9. The highest BCUT2D eigenvalue weighted by Gasteiger charge is 2.20. The normalized spacial score (nSPS) is 12.3. The number of rotatable bonds is 7. The quantitative estimate of drug-likeness (QED) is 0.550. The van der Waals surface area contributed by atoms with Gasteiger partial charge in [0.1, 0.15) is 11.5 Å². The van der Waals surface area contributed by atoms with Gasteiger partial charge in [-0.3, -0.25) is 9.59 Å². The Morgan fingerprint density at radius 2 is 1.73 bits per heavy atom. The lowest BCUT2D eigenvalue weighted by Gasteiger charge is -2.19. The van der Waals surface area contributed by atoms with E-state index in [4.69, 9.17) is 4.42 Å². The van der Waals surface area contributed by atoms with Crippen molar-refractivity contribution < 1.29 is 14.0 Å². The topological polar surface area (TPSA) is 71.3 Å². The number of amides is 2. The lowest BCUT2D eigenvalue weighted by Crippen LogP contribution is -2.37. The van der Waals surface area contributed by atoms with Crippen LogP contribution < -0.4 is 10.6 Å². The van der Waals surface area contributed by atoms with E-state index in [1.54, 1.807) is 24.3 Å². The fraction of sp³-hybridized carbons (Fsp3) is 0.200. The average Bonchev–Trinajstić information content (AvgIpc) is 3.25. The molecule has 3 rings (SSSR count). The largest absolute Gasteiger partial charge is 0.465 e. The fourth-order valence-electron chi connectivity index (χ4n) is 3.15. The summed E-state index contributed by atoms with van der Waals surface area (Å²) in [5.41, 5.74) is 3.65. The SMILES string of the molecule is CCC(NC(=O)/C(=C/c1ccco1)NC(=O)c1ccccc1C)c1ccc(C)cc1. The summed E-state index contributed by atoms with van der Waals surface area (Å²) < 4.78 is 5.35. The third kappa shape index (κ3) is 5.26. The first-order valence-corrected chi connectivity index (χ1v) is 9.97. The number of benzene rings is 2. The second-order valence-corrected chi connectivity index (χ2v) is 7.19. The van der Waals surface area contributed by atoms with E-state index in [9.17, 15) is 9.59 Å². The summed E-state index contributed by atoms with van der Waals surface area (Å²) in [6.07, 6.45) is 3.77. The minimum atomic E-state index is -0.374. The van der Waals surface area contributed by atoms with Gasteiger partial charge in [-0.05, 0) is 49.6 Å². The van der Waals surface area contributed by atoms with E-state index < -0.39 is 0 Å². The molecule has 1 aromatic heterocycles. The highest BCUT2D eigenvalue weighted by atomic mass is 16.3. The third-order valence-corrected chi connectivity index (χ3v) is 4.91. The van der Waals surface area contributed by atoms with Crippen LogP contribution in [0.15, 0.2) is 77.0 Å². The number of furan rings is 1. The second kappa shape index (κ2) is 9.74. The van der Waals surface area contributed by atoms with Crippen molar-refractivity contribution in [3.63, 3.8) is 0 Å². The van der Waals surface area contributed by atoms with Gasteiger partial charge >= 0.3 is 0 Å². The molecule has 0 aliphatic heterocycles. The minimum Gasteiger partial charge on any atom is -0.465 e. The molecule has 0 saturated heterocycles. The van der Waals surface area contributed by atoms with Crippen LogP contribution >= 0.6 is 0 Å². The van der Waals surface area contributed by atoms with Gasteiger partial charge < -0.3 is 15.1 Å². The van der Waals surface area contributed by atoms with E-state index in [0.29, 0.717) is 17.7 Å². The van der Waals surface area contributed by atoms with Crippen molar-refractivity contribution in [3.05, 3.63) is 101 Å². The zero-order valence-corrected chi connectivity index (χ0v) is 17.4. The molecule has 2 amide bonds. The van der Waals surface area contributed by atoms with E-state index in [0.717, 1.165) is 16.7 Å². The molecule has 30 heavy (non-hydrogen) atoms. The zero-order valence-electron chi connectivity index (χ0n) is 17.4. The molecule has 1 heterocycles. The number of carbonyl (C=O) groups is 2. The number of hydrogen-bond acceptors (Lipinski definition) is 3. The van der Waals surface area contributed by atoms with E-state index in [1.807, 2.05) is 57.2 Å². The Labute approximate surface area is 176 Å². The van der Waals surface area contributed by atoms with E-state index in [2.05, 4.69) is 10.6 Å². The lowest BCUT2D eigenvalue weighted by molar-refractivity contribution is -0.118. The van der Waals surface area contributed by atoms with Crippen LogP contribution in [0.4, 0.5) is 0 Å². The van der Waals surface area contributed by atoms with Crippen LogP contribution in [0.2, 0.25) is 0 Å². The molecular formula is C25H26N2O3. The van der Waals surface area contributed by atoms with Crippen molar-refractivity contribution in [2.75, 3.05) is 0 Å². The first-order chi connectivity index (χ1) is 14.5. The smallest absolute Gasteiger partial charge is 0.268 e. The fourth-order valence-corrected chi connectivity index (χ4v) is 3.15. The molecule has 154 valence electrons. The maximum Gasteiger partial charge on any atom is 0.268 e. The molecular weight excluding hydrogens is 376 g/mol. The van der Waals surface area contributed by atoms with Crippen LogP contribution in [-0.2, 0) is 4.79 Å². The van der Waals surface area contributed by atoms with Crippen LogP contribution in [0.25, 0.3) is 6.08 Å². The molecule has 0 fully saturated rings. The zero-order chi connectivity index (χ0) is 21.5. The monoisotopic (exact) mass is 402 g/mol. The Balaban J connectivity index is 1.84. The summed E-state index contributed by atoms with van der Waals surface area (Å²) >= 11 is 0. The van der Waals surface area contributed by atoms with Gasteiger partial charge in [-0.15, -0.1) is 0 Å². The van der Waals surface area contributed by atoms with Crippen molar-refractivity contribution in [3.8, 4) is 0 Å². The lowest BCUT2D eigenvalue weighted by atomic mass is 10.0. The van der Waals surface area contributed by atoms with Crippen molar-refractivity contribution in [1.82, 2.24) is 10.6 Å². The highest BCUT2D eigenvalue weighted by Crippen LogP contribution is 2.18. The van der Waals surface area contributed by atoms with Crippen molar-refractivity contribution in [2.24, 2.45) is 0 Å². The number of hydrogen-bond donors (Lipinski definition) is 2. The molecule has 0 radical (unpaired) electrons. The van der Waals surface area contributed by atoms with Gasteiger partial charge in [-0.2, -0.15) is 0 Å². The molecule has 3 aromatic rings. The molecule has 2 N–H and O–H groups in total. The van der Waals surface area contributed by atoms with Gasteiger partial charge in [0.05, 0.1) is 12.3 Å². The van der Waals surface area contributed by atoms with Crippen LogP contribution in [0.5, 0.6) is 0 Å². The Kier molecular flexibility index (Phi) is 6.86. The van der Waals surface area contributed by atoms with Crippen LogP contribution in [0.3, 0.4) is 0 Å². The van der Waals surface area contributed by atoms with Gasteiger partial charge in [-0.25, -0.2) is 0 Å². The Bertz CT molecular complexity index is 1030. The van der Waals surface area contributed by atoms with Crippen LogP contribution in [0.1, 0.15) is 52.2 Å². The average molecular weight is 402 g/mol.